The normalized spacial score (nSPS) is 17.4. The van der Waals surface area contributed by atoms with Crippen LogP contribution in [-0.2, 0) is 14.3 Å². The molecule has 0 radical (unpaired) electrons. The van der Waals surface area contributed by atoms with Crippen molar-refractivity contribution >= 4 is 23.7 Å². The van der Waals surface area contributed by atoms with Crippen LogP contribution in [-0.4, -0.2) is 60.8 Å². The van der Waals surface area contributed by atoms with Gasteiger partial charge in [0.25, 0.3) is 0 Å². The lowest BCUT2D eigenvalue weighted by molar-refractivity contribution is -0.133. The highest BCUT2D eigenvalue weighted by Crippen LogP contribution is 2.20. The number of hydrogen-bond donors (Lipinski definition) is 5. The Labute approximate surface area is 139 Å². The Morgan fingerprint density at radius 3 is 2.17 bits per heavy atom. The summed E-state index contributed by atoms with van der Waals surface area (Å²) in [6.07, 6.45) is 1.16. The van der Waals surface area contributed by atoms with E-state index in [0.29, 0.717) is 0 Å². The van der Waals surface area contributed by atoms with E-state index in [1.807, 2.05) is 0 Å². The van der Waals surface area contributed by atoms with Crippen LogP contribution in [0.4, 0.5) is 0 Å². The largest absolute Gasteiger partial charge is 0.369 e. The van der Waals surface area contributed by atoms with Gasteiger partial charge in [0.05, 0.1) is 13.1 Å². The lowest BCUT2D eigenvalue weighted by atomic mass is 10.1. The molecule has 0 bridgehead atoms. The van der Waals surface area contributed by atoms with Crippen LogP contribution >= 0.6 is 0 Å². The predicted octanol–water partition coefficient (Wildman–Crippen LogP) is -2.88. The number of methoxy groups -OCH3 is 1. The van der Waals surface area contributed by atoms with Crippen molar-refractivity contribution in [3.8, 4) is 0 Å². The van der Waals surface area contributed by atoms with Crippen LogP contribution in [0, 0.1) is 0 Å². The molecule has 24 heavy (non-hydrogen) atoms. The molecule has 8 N–H and O–H groups in total. The highest BCUT2D eigenvalue weighted by molar-refractivity contribution is 5.95. The smallest absolute Gasteiger partial charge is 0.243 e. The zero-order valence-corrected chi connectivity index (χ0v) is 13.4. The van der Waals surface area contributed by atoms with E-state index < -0.39 is 23.8 Å². The van der Waals surface area contributed by atoms with E-state index in [1.165, 1.54) is 12.0 Å². The summed E-state index contributed by atoms with van der Waals surface area (Å²) in [6, 6.07) is 0. The SMILES string of the molecule is C=CC(=O)NCC(CNC(=O)C=C)(OC)N1C(N)=NC(N)=NC1N. The molecule has 1 rings (SSSR count). The average molecular weight is 338 g/mol. The summed E-state index contributed by atoms with van der Waals surface area (Å²) in [7, 11) is 1.36. The van der Waals surface area contributed by atoms with Gasteiger partial charge in [-0.05, 0) is 12.2 Å². The molecular formula is C13H22N8O3. The number of amides is 2. The Morgan fingerprint density at radius 2 is 1.79 bits per heavy atom. The van der Waals surface area contributed by atoms with Gasteiger partial charge in [-0.1, -0.05) is 13.2 Å². The van der Waals surface area contributed by atoms with E-state index in [0.717, 1.165) is 12.2 Å². The minimum absolute atomic E-state index is 0.0717. The second-order valence-electron chi connectivity index (χ2n) is 4.74. The molecule has 1 atom stereocenters. The molecule has 1 aliphatic heterocycles. The van der Waals surface area contributed by atoms with Gasteiger partial charge in [0.15, 0.2) is 12.0 Å². The minimum atomic E-state index is -1.37. The molecule has 11 heteroatoms. The van der Waals surface area contributed by atoms with Crippen molar-refractivity contribution < 1.29 is 14.3 Å². The molecule has 0 aromatic rings. The number of guanidine groups is 2. The molecule has 0 fully saturated rings. The third-order valence-electron chi connectivity index (χ3n) is 3.27. The summed E-state index contributed by atoms with van der Waals surface area (Å²) in [5, 5.41) is 5.14. The Bertz CT molecular complexity index is 562. The summed E-state index contributed by atoms with van der Waals surface area (Å²) in [5.41, 5.74) is 16.0. The first-order valence-electron chi connectivity index (χ1n) is 6.87. The highest BCUT2D eigenvalue weighted by atomic mass is 16.5. The van der Waals surface area contributed by atoms with Crippen LogP contribution in [0.2, 0.25) is 0 Å². The van der Waals surface area contributed by atoms with Crippen molar-refractivity contribution in [3.63, 3.8) is 0 Å². The van der Waals surface area contributed by atoms with Crippen molar-refractivity contribution in [2.24, 2.45) is 27.2 Å². The molecule has 1 unspecified atom stereocenters. The van der Waals surface area contributed by atoms with Crippen LogP contribution in [0.1, 0.15) is 0 Å². The molecule has 132 valence electrons. The maximum absolute atomic E-state index is 11.5. The van der Waals surface area contributed by atoms with Crippen molar-refractivity contribution in [2.75, 3.05) is 20.2 Å². The molecule has 2 amide bonds. The maximum atomic E-state index is 11.5. The molecule has 0 aromatic heterocycles. The lowest BCUT2D eigenvalue weighted by Gasteiger charge is -2.45. The van der Waals surface area contributed by atoms with Crippen LogP contribution < -0.4 is 27.8 Å². The lowest BCUT2D eigenvalue weighted by Crippen LogP contribution is -2.70. The summed E-state index contributed by atoms with van der Waals surface area (Å²) in [5.74, 6) is -1.06. The molecule has 0 saturated carbocycles. The molecule has 1 heterocycles. The summed E-state index contributed by atoms with van der Waals surface area (Å²) in [6.45, 7) is 6.55. The monoisotopic (exact) mass is 338 g/mol. The van der Waals surface area contributed by atoms with Gasteiger partial charge in [0.1, 0.15) is 0 Å². The van der Waals surface area contributed by atoms with Crippen LogP contribution in [0.15, 0.2) is 35.3 Å². The van der Waals surface area contributed by atoms with Gasteiger partial charge in [-0.2, -0.15) is 4.99 Å². The topological polar surface area (TPSA) is 173 Å². The van der Waals surface area contributed by atoms with Gasteiger partial charge in [0, 0.05) is 7.11 Å². The van der Waals surface area contributed by atoms with E-state index in [1.54, 1.807) is 0 Å². The fourth-order valence-corrected chi connectivity index (χ4v) is 2.05. The number of nitrogens with one attached hydrogen (secondary N) is 2. The molecule has 0 aromatic carbocycles. The molecular weight excluding hydrogens is 316 g/mol. The van der Waals surface area contributed by atoms with Crippen LogP contribution in [0.3, 0.4) is 0 Å². The van der Waals surface area contributed by atoms with Gasteiger partial charge < -0.3 is 26.8 Å². The maximum Gasteiger partial charge on any atom is 0.243 e. The zero-order valence-electron chi connectivity index (χ0n) is 13.4. The van der Waals surface area contributed by atoms with Crippen molar-refractivity contribution in [3.05, 3.63) is 25.3 Å². The van der Waals surface area contributed by atoms with E-state index in [2.05, 4.69) is 33.8 Å². The molecule has 0 saturated heterocycles. The number of aliphatic imine (C=N–C) groups is 2. The van der Waals surface area contributed by atoms with Gasteiger partial charge in [-0.3, -0.25) is 20.2 Å². The second-order valence-corrected chi connectivity index (χ2v) is 4.74. The summed E-state index contributed by atoms with van der Waals surface area (Å²) < 4.78 is 5.52. The second kappa shape index (κ2) is 8.08. The fourth-order valence-electron chi connectivity index (χ4n) is 2.05. The third-order valence-corrected chi connectivity index (χ3v) is 3.27. The van der Waals surface area contributed by atoms with Crippen molar-refractivity contribution in [2.45, 2.75) is 12.0 Å². The quantitative estimate of drug-likeness (QED) is 0.295. The molecule has 11 nitrogen and oxygen atoms in total. The summed E-state index contributed by atoms with van der Waals surface area (Å²) in [4.78, 5) is 32.1. The fraction of sp³-hybridized carbons (Fsp3) is 0.385. The molecule has 1 aliphatic rings. The van der Waals surface area contributed by atoms with Crippen LogP contribution in [0.5, 0.6) is 0 Å². The number of nitrogens with zero attached hydrogens (tertiary/aromatic N) is 3. The first kappa shape index (κ1) is 19.1. The van der Waals surface area contributed by atoms with E-state index in [-0.39, 0.29) is 25.0 Å². The van der Waals surface area contributed by atoms with Gasteiger partial charge >= 0.3 is 0 Å². The van der Waals surface area contributed by atoms with E-state index >= 15 is 0 Å². The number of ether oxygens (including phenoxy) is 1. The van der Waals surface area contributed by atoms with Gasteiger partial charge in [0.2, 0.25) is 23.7 Å². The number of hydrogen-bond acceptors (Lipinski definition) is 9. The standard InChI is InChI=1S/C13H22N8O3/c1-4-8(22)17-6-13(24-3,7-18-9(23)5-2)21-11(15)19-10(14)20-12(21)16/h4-5,11H,1-2,6-7,15H2,3H3,(H,17,22)(H,18,23)(H4,14,16,19,20). The molecule has 0 aliphatic carbocycles. The summed E-state index contributed by atoms with van der Waals surface area (Å²) >= 11 is 0. The average Bonchev–Trinajstić information content (AvgIpc) is 2.55. The number of carbonyl (C=O) groups excluding carboxylic acids is 2. The first-order valence-corrected chi connectivity index (χ1v) is 6.87. The first-order chi connectivity index (χ1) is 11.3. The van der Waals surface area contributed by atoms with E-state index in [9.17, 15) is 9.59 Å². The number of carbonyl (C=O) groups is 2. The Balaban J connectivity index is 3.16. The Kier molecular flexibility index (Phi) is 6.44. The zero-order chi connectivity index (χ0) is 18.3. The van der Waals surface area contributed by atoms with E-state index in [4.69, 9.17) is 21.9 Å². The Morgan fingerprint density at radius 1 is 1.29 bits per heavy atom. The predicted molar refractivity (Wildman–Crippen MR) is 89.2 cm³/mol. The number of rotatable bonds is 8. The number of nitrogens with two attached hydrogens (primary N) is 3. The highest BCUT2D eigenvalue weighted by Gasteiger charge is 2.43. The third kappa shape index (κ3) is 4.30. The Hall–Kier alpha value is -2.92. The van der Waals surface area contributed by atoms with Crippen molar-refractivity contribution in [1.29, 1.82) is 0 Å². The van der Waals surface area contributed by atoms with Gasteiger partial charge in [-0.15, -0.1) is 0 Å². The van der Waals surface area contributed by atoms with Crippen LogP contribution in [0.25, 0.3) is 0 Å². The van der Waals surface area contributed by atoms with Crippen molar-refractivity contribution in [1.82, 2.24) is 15.5 Å². The van der Waals surface area contributed by atoms with Gasteiger partial charge in [-0.25, -0.2) is 4.99 Å². The molecule has 0 spiro atoms. The minimum Gasteiger partial charge on any atom is -0.369 e.